The fourth-order valence-corrected chi connectivity index (χ4v) is 2.73. The number of carboxylic acid groups (broad SMARTS) is 1. The van der Waals surface area contributed by atoms with Crippen molar-refractivity contribution in [2.45, 2.75) is 38.6 Å². The van der Waals surface area contributed by atoms with Gasteiger partial charge in [0.05, 0.1) is 5.56 Å². The molecule has 96 valence electrons. The Hall–Kier alpha value is -1.51. The van der Waals surface area contributed by atoms with Gasteiger partial charge in [-0.1, -0.05) is 6.07 Å². The molecule has 0 bridgehead atoms. The summed E-state index contributed by atoms with van der Waals surface area (Å²) in [4.78, 5) is 11.1. The monoisotopic (exact) mass is 245 g/mol. The van der Waals surface area contributed by atoms with Crippen molar-refractivity contribution in [3.63, 3.8) is 0 Å². The lowest BCUT2D eigenvalue weighted by molar-refractivity contribution is 0.0696. The van der Waals surface area contributed by atoms with Gasteiger partial charge in [0.15, 0.2) is 0 Å². The zero-order valence-corrected chi connectivity index (χ0v) is 10.6. The van der Waals surface area contributed by atoms with E-state index in [4.69, 9.17) is 5.11 Å². The first kappa shape index (κ1) is 11.6. The second kappa shape index (κ2) is 4.30. The maximum absolute atomic E-state index is 11.1. The van der Waals surface area contributed by atoms with E-state index in [1.54, 1.807) is 6.07 Å². The summed E-state index contributed by atoms with van der Waals surface area (Å²) in [6.45, 7) is 1.89. The number of benzene rings is 1. The van der Waals surface area contributed by atoms with E-state index in [0.717, 1.165) is 23.1 Å². The second-order valence-electron chi connectivity index (χ2n) is 5.63. The van der Waals surface area contributed by atoms with Gasteiger partial charge in [-0.3, -0.25) is 0 Å². The molecule has 3 rings (SSSR count). The van der Waals surface area contributed by atoms with Crippen molar-refractivity contribution in [3.8, 4) is 0 Å². The number of nitrogens with one attached hydrogen (secondary N) is 1. The van der Waals surface area contributed by atoms with Crippen LogP contribution in [0.2, 0.25) is 0 Å². The predicted molar refractivity (Wildman–Crippen MR) is 71.0 cm³/mol. The van der Waals surface area contributed by atoms with Gasteiger partial charge in [0.1, 0.15) is 0 Å². The fourth-order valence-electron chi connectivity index (χ4n) is 2.73. The molecule has 2 fully saturated rings. The maximum atomic E-state index is 11.1. The van der Waals surface area contributed by atoms with Crippen LogP contribution in [0, 0.1) is 18.8 Å². The maximum Gasteiger partial charge on any atom is 0.336 e. The zero-order valence-electron chi connectivity index (χ0n) is 10.6. The molecule has 0 aromatic heterocycles. The summed E-state index contributed by atoms with van der Waals surface area (Å²) in [7, 11) is 0. The third-order valence-corrected chi connectivity index (χ3v) is 4.15. The van der Waals surface area contributed by atoms with Crippen LogP contribution in [-0.4, -0.2) is 17.1 Å². The Kier molecular flexibility index (Phi) is 2.77. The van der Waals surface area contributed by atoms with Gasteiger partial charge >= 0.3 is 5.97 Å². The van der Waals surface area contributed by atoms with E-state index in [1.165, 1.54) is 25.7 Å². The lowest BCUT2D eigenvalue weighted by Crippen LogP contribution is -2.25. The van der Waals surface area contributed by atoms with Crippen molar-refractivity contribution in [2.75, 3.05) is 5.32 Å². The Bertz CT molecular complexity index is 463. The van der Waals surface area contributed by atoms with Gasteiger partial charge in [0, 0.05) is 11.7 Å². The van der Waals surface area contributed by atoms with Crippen LogP contribution in [0.4, 0.5) is 5.69 Å². The average molecular weight is 245 g/mol. The average Bonchev–Trinajstić information content (AvgIpc) is 3.20. The molecule has 0 spiro atoms. The highest BCUT2D eigenvalue weighted by atomic mass is 16.4. The number of hydrogen-bond acceptors (Lipinski definition) is 2. The van der Waals surface area contributed by atoms with E-state index in [0.29, 0.717) is 11.6 Å². The van der Waals surface area contributed by atoms with Gasteiger partial charge in [-0.15, -0.1) is 0 Å². The minimum Gasteiger partial charge on any atom is -0.478 e. The third kappa shape index (κ3) is 2.22. The molecule has 1 aromatic carbocycles. The summed E-state index contributed by atoms with van der Waals surface area (Å²) in [5.41, 5.74) is 2.26. The lowest BCUT2D eigenvalue weighted by atomic mass is 10.0. The molecule has 0 amide bonds. The van der Waals surface area contributed by atoms with Gasteiger partial charge in [0.2, 0.25) is 0 Å². The van der Waals surface area contributed by atoms with Gasteiger partial charge in [0.25, 0.3) is 0 Å². The molecule has 2 N–H and O–H groups in total. The highest BCUT2D eigenvalue weighted by Gasteiger charge is 2.41. The number of rotatable bonds is 5. The van der Waals surface area contributed by atoms with Gasteiger partial charge in [-0.2, -0.15) is 0 Å². The number of aromatic carboxylic acids is 1. The molecule has 2 aliphatic rings. The van der Waals surface area contributed by atoms with Crippen molar-refractivity contribution >= 4 is 11.7 Å². The largest absolute Gasteiger partial charge is 0.478 e. The topological polar surface area (TPSA) is 49.3 Å². The first-order chi connectivity index (χ1) is 8.66. The molecule has 0 atom stereocenters. The standard InChI is InChI=1S/C15H19NO2/c1-9-12(15(17)18)3-2-4-13(9)16-14(10-5-6-10)11-7-8-11/h2-4,10-11,14,16H,5-8H2,1H3,(H,17,18). The Morgan fingerprint density at radius 1 is 1.28 bits per heavy atom. The summed E-state index contributed by atoms with van der Waals surface area (Å²) < 4.78 is 0. The Balaban J connectivity index is 1.82. The van der Waals surface area contributed by atoms with Crippen molar-refractivity contribution in [1.82, 2.24) is 0 Å². The first-order valence-electron chi connectivity index (χ1n) is 6.76. The van der Waals surface area contributed by atoms with E-state index < -0.39 is 5.97 Å². The van der Waals surface area contributed by atoms with E-state index in [1.807, 2.05) is 19.1 Å². The molecule has 3 heteroatoms. The quantitative estimate of drug-likeness (QED) is 0.836. The van der Waals surface area contributed by atoms with E-state index >= 15 is 0 Å². The molecule has 1 aromatic rings. The fraction of sp³-hybridized carbons (Fsp3) is 0.533. The SMILES string of the molecule is Cc1c(NC(C2CC2)C2CC2)cccc1C(=O)O. The van der Waals surface area contributed by atoms with Gasteiger partial charge in [-0.25, -0.2) is 4.79 Å². The van der Waals surface area contributed by atoms with E-state index in [-0.39, 0.29) is 0 Å². The number of hydrogen-bond donors (Lipinski definition) is 2. The molecule has 2 saturated carbocycles. The molecular weight excluding hydrogens is 226 g/mol. The van der Waals surface area contributed by atoms with Crippen LogP contribution < -0.4 is 5.32 Å². The van der Waals surface area contributed by atoms with Crippen LogP contribution in [0.1, 0.15) is 41.6 Å². The van der Waals surface area contributed by atoms with Crippen LogP contribution in [0.25, 0.3) is 0 Å². The summed E-state index contributed by atoms with van der Waals surface area (Å²) in [5.74, 6) is 0.779. The van der Waals surface area contributed by atoms with Crippen molar-refractivity contribution in [2.24, 2.45) is 11.8 Å². The second-order valence-corrected chi connectivity index (χ2v) is 5.63. The molecule has 3 nitrogen and oxygen atoms in total. The molecule has 0 radical (unpaired) electrons. The van der Waals surface area contributed by atoms with E-state index in [9.17, 15) is 4.79 Å². The minimum absolute atomic E-state index is 0.408. The molecule has 0 saturated heterocycles. The Labute approximate surface area is 107 Å². The predicted octanol–water partition coefficient (Wildman–Crippen LogP) is 3.29. The highest BCUT2D eigenvalue weighted by Crippen LogP contribution is 2.46. The molecule has 2 aliphatic carbocycles. The van der Waals surface area contributed by atoms with E-state index in [2.05, 4.69) is 5.32 Å². The smallest absolute Gasteiger partial charge is 0.336 e. The van der Waals surface area contributed by atoms with Gasteiger partial charge < -0.3 is 10.4 Å². The number of anilines is 1. The van der Waals surface area contributed by atoms with Crippen LogP contribution in [0.3, 0.4) is 0 Å². The third-order valence-electron chi connectivity index (χ3n) is 4.15. The normalized spacial score (nSPS) is 19.0. The van der Waals surface area contributed by atoms with Crippen LogP contribution in [0.15, 0.2) is 18.2 Å². The van der Waals surface area contributed by atoms with Crippen molar-refractivity contribution in [1.29, 1.82) is 0 Å². The zero-order chi connectivity index (χ0) is 12.7. The summed E-state index contributed by atoms with van der Waals surface area (Å²) in [5, 5.41) is 12.7. The minimum atomic E-state index is -0.842. The van der Waals surface area contributed by atoms with Crippen LogP contribution in [-0.2, 0) is 0 Å². The van der Waals surface area contributed by atoms with Gasteiger partial charge in [-0.05, 0) is 62.1 Å². The highest BCUT2D eigenvalue weighted by molar-refractivity contribution is 5.91. The number of carbonyl (C=O) groups is 1. The molecule has 0 heterocycles. The van der Waals surface area contributed by atoms with Crippen molar-refractivity contribution in [3.05, 3.63) is 29.3 Å². The molecular formula is C15H19NO2. The number of carboxylic acids is 1. The lowest BCUT2D eigenvalue weighted by Gasteiger charge is -2.21. The van der Waals surface area contributed by atoms with Crippen molar-refractivity contribution < 1.29 is 9.90 Å². The molecule has 18 heavy (non-hydrogen) atoms. The van der Waals surface area contributed by atoms with Crippen LogP contribution >= 0.6 is 0 Å². The summed E-state index contributed by atoms with van der Waals surface area (Å²) >= 11 is 0. The molecule has 0 aliphatic heterocycles. The Morgan fingerprint density at radius 3 is 2.39 bits per heavy atom. The molecule has 0 unspecified atom stereocenters. The Morgan fingerprint density at radius 2 is 1.89 bits per heavy atom. The first-order valence-corrected chi connectivity index (χ1v) is 6.76. The summed E-state index contributed by atoms with van der Waals surface area (Å²) in [6.07, 6.45) is 5.30. The van der Waals surface area contributed by atoms with Crippen LogP contribution in [0.5, 0.6) is 0 Å². The summed E-state index contributed by atoms with van der Waals surface area (Å²) in [6, 6.07) is 6.06.